The first-order chi connectivity index (χ1) is 10.3. The summed E-state index contributed by atoms with van der Waals surface area (Å²) in [5, 5.41) is 0. The molecule has 0 aliphatic heterocycles. The number of alkyl halides is 1. The van der Waals surface area contributed by atoms with Gasteiger partial charge in [-0.3, -0.25) is 9.59 Å². The number of ether oxygens (including phenoxy) is 1. The molecule has 0 aromatic carbocycles. The highest BCUT2D eigenvalue weighted by molar-refractivity contribution is 9.10. The Morgan fingerprint density at radius 3 is 2.36 bits per heavy atom. The fourth-order valence-corrected chi connectivity index (χ4v) is 6.89. The van der Waals surface area contributed by atoms with Crippen molar-refractivity contribution in [3.05, 3.63) is 0 Å². The van der Waals surface area contributed by atoms with E-state index in [9.17, 15) is 9.59 Å². The van der Waals surface area contributed by atoms with Gasteiger partial charge in [-0.1, -0.05) is 15.9 Å². The molecule has 0 aromatic rings. The Morgan fingerprint density at radius 2 is 1.82 bits per heavy atom. The molecule has 2 unspecified atom stereocenters. The Balaban J connectivity index is 1.52. The van der Waals surface area contributed by atoms with E-state index in [1.54, 1.807) is 14.1 Å². The van der Waals surface area contributed by atoms with Crippen LogP contribution in [0.25, 0.3) is 0 Å². The van der Waals surface area contributed by atoms with Crippen molar-refractivity contribution in [2.45, 2.75) is 55.7 Å². The molecular weight excluding hydrogens is 346 g/mol. The third-order valence-corrected chi connectivity index (χ3v) is 6.64. The van der Waals surface area contributed by atoms with Crippen molar-refractivity contribution in [1.29, 1.82) is 0 Å². The van der Waals surface area contributed by atoms with Crippen LogP contribution in [0.3, 0.4) is 0 Å². The van der Waals surface area contributed by atoms with Crippen molar-refractivity contribution >= 4 is 27.8 Å². The Hall–Kier alpha value is -0.580. The van der Waals surface area contributed by atoms with Crippen LogP contribution in [0.15, 0.2) is 0 Å². The molecule has 4 aliphatic rings. The smallest absolute Gasteiger partial charge is 0.306 e. The quantitative estimate of drug-likeness (QED) is 0.550. The number of esters is 1. The van der Waals surface area contributed by atoms with Crippen molar-refractivity contribution < 1.29 is 14.3 Å². The first kappa shape index (κ1) is 16.3. The molecule has 4 saturated carbocycles. The zero-order valence-electron chi connectivity index (χ0n) is 13.6. The number of amides is 1. The third-order valence-electron chi connectivity index (χ3n) is 5.71. The molecule has 4 nitrogen and oxygen atoms in total. The van der Waals surface area contributed by atoms with Crippen LogP contribution in [0.5, 0.6) is 0 Å². The summed E-state index contributed by atoms with van der Waals surface area (Å²) in [5.74, 6) is 1.44. The largest absolute Gasteiger partial charge is 0.465 e. The molecule has 4 bridgehead atoms. The van der Waals surface area contributed by atoms with Gasteiger partial charge in [0.05, 0.1) is 12.8 Å². The summed E-state index contributed by atoms with van der Waals surface area (Å²) in [7, 11) is 3.43. The number of hydrogen-bond donors (Lipinski definition) is 0. The standard InChI is InChI=1S/C17H26BrNO3/c1-19(2)14(20)3-4-22-15(21)10-16-6-12-5-13(7-16)9-17(18,8-12)11-16/h12-13H,3-11H2,1-2H3. The van der Waals surface area contributed by atoms with E-state index in [0.29, 0.717) is 6.42 Å². The van der Waals surface area contributed by atoms with Crippen LogP contribution in [0, 0.1) is 17.3 Å². The molecule has 0 spiro atoms. The molecule has 22 heavy (non-hydrogen) atoms. The summed E-state index contributed by atoms with van der Waals surface area (Å²) in [6.45, 7) is 0.207. The predicted molar refractivity (Wildman–Crippen MR) is 87.7 cm³/mol. The SMILES string of the molecule is CN(C)C(=O)CCOC(=O)CC12CC3CC(CC(Br)(C3)C1)C2. The van der Waals surface area contributed by atoms with Crippen molar-refractivity contribution in [1.82, 2.24) is 4.90 Å². The zero-order chi connectivity index (χ0) is 16.0. The molecule has 0 radical (unpaired) electrons. The van der Waals surface area contributed by atoms with Gasteiger partial charge in [-0.25, -0.2) is 0 Å². The van der Waals surface area contributed by atoms with Crippen molar-refractivity contribution in [2.75, 3.05) is 20.7 Å². The van der Waals surface area contributed by atoms with E-state index < -0.39 is 0 Å². The fraction of sp³-hybridized carbons (Fsp3) is 0.882. The molecule has 4 fully saturated rings. The fourth-order valence-electron chi connectivity index (χ4n) is 5.38. The Morgan fingerprint density at radius 1 is 1.18 bits per heavy atom. The van der Waals surface area contributed by atoms with Gasteiger partial charge >= 0.3 is 5.97 Å². The molecule has 0 N–H and O–H groups in total. The van der Waals surface area contributed by atoms with E-state index in [0.717, 1.165) is 18.3 Å². The molecule has 4 rings (SSSR count). The summed E-state index contributed by atoms with van der Waals surface area (Å²) in [6, 6.07) is 0. The number of carbonyl (C=O) groups excluding carboxylic acids is 2. The van der Waals surface area contributed by atoms with Crippen LogP contribution in [-0.2, 0) is 14.3 Å². The van der Waals surface area contributed by atoms with Crippen molar-refractivity contribution in [2.24, 2.45) is 17.3 Å². The highest BCUT2D eigenvalue weighted by Crippen LogP contribution is 2.65. The Bertz CT molecular complexity index is 463. The van der Waals surface area contributed by atoms with E-state index in [-0.39, 0.29) is 34.6 Å². The average molecular weight is 372 g/mol. The monoisotopic (exact) mass is 371 g/mol. The predicted octanol–water partition coefficient (Wildman–Crippen LogP) is 3.13. The van der Waals surface area contributed by atoms with Gasteiger partial charge in [-0.2, -0.15) is 0 Å². The zero-order valence-corrected chi connectivity index (χ0v) is 15.2. The van der Waals surface area contributed by atoms with Crippen LogP contribution < -0.4 is 0 Å². The first-order valence-corrected chi connectivity index (χ1v) is 9.13. The average Bonchev–Trinajstić information content (AvgIpc) is 2.34. The molecule has 5 heteroatoms. The second kappa shape index (κ2) is 5.81. The number of carbonyl (C=O) groups is 2. The number of halogens is 1. The normalized spacial score (nSPS) is 38.9. The highest BCUT2D eigenvalue weighted by Gasteiger charge is 2.57. The number of nitrogens with zero attached hydrogens (tertiary/aromatic N) is 1. The molecule has 1 amide bonds. The maximum atomic E-state index is 12.2. The first-order valence-electron chi connectivity index (χ1n) is 8.34. The van der Waals surface area contributed by atoms with E-state index in [2.05, 4.69) is 15.9 Å². The van der Waals surface area contributed by atoms with Gasteiger partial charge in [0.15, 0.2) is 0 Å². The van der Waals surface area contributed by atoms with Crippen LogP contribution in [0.4, 0.5) is 0 Å². The van der Waals surface area contributed by atoms with Gasteiger partial charge in [0.2, 0.25) is 5.91 Å². The van der Waals surface area contributed by atoms with Crippen LogP contribution in [0.2, 0.25) is 0 Å². The highest BCUT2D eigenvalue weighted by atomic mass is 79.9. The summed E-state index contributed by atoms with van der Waals surface area (Å²) in [6.07, 6.45) is 8.18. The molecule has 0 saturated heterocycles. The topological polar surface area (TPSA) is 46.6 Å². The molecule has 2 atom stereocenters. The van der Waals surface area contributed by atoms with Gasteiger partial charge in [0.25, 0.3) is 0 Å². The molecule has 124 valence electrons. The molecule has 4 aliphatic carbocycles. The van der Waals surface area contributed by atoms with Crippen LogP contribution in [0.1, 0.15) is 51.4 Å². The van der Waals surface area contributed by atoms with E-state index in [4.69, 9.17) is 4.74 Å². The van der Waals surface area contributed by atoms with E-state index >= 15 is 0 Å². The lowest BCUT2D eigenvalue weighted by molar-refractivity contribution is -0.151. The van der Waals surface area contributed by atoms with E-state index in [1.807, 2.05) is 0 Å². The lowest BCUT2D eigenvalue weighted by Crippen LogP contribution is -2.53. The lowest BCUT2D eigenvalue weighted by atomic mass is 9.49. The van der Waals surface area contributed by atoms with E-state index in [1.165, 1.54) is 37.0 Å². The second-order valence-electron chi connectivity index (χ2n) is 8.05. The van der Waals surface area contributed by atoms with Crippen molar-refractivity contribution in [3.8, 4) is 0 Å². The van der Waals surface area contributed by atoms with Gasteiger partial charge in [0, 0.05) is 18.4 Å². The maximum absolute atomic E-state index is 12.2. The summed E-state index contributed by atoms with van der Waals surface area (Å²) in [5.41, 5.74) is 0.149. The minimum atomic E-state index is -0.121. The Kier molecular flexibility index (Phi) is 4.30. The lowest BCUT2D eigenvalue weighted by Gasteiger charge is -2.60. The van der Waals surface area contributed by atoms with Gasteiger partial charge in [-0.15, -0.1) is 0 Å². The third kappa shape index (κ3) is 3.34. The minimum Gasteiger partial charge on any atom is -0.465 e. The Labute approximate surface area is 141 Å². The summed E-state index contributed by atoms with van der Waals surface area (Å²) in [4.78, 5) is 25.3. The molecule has 0 aromatic heterocycles. The molecular formula is C17H26BrNO3. The van der Waals surface area contributed by atoms with Gasteiger partial charge in [0.1, 0.15) is 6.61 Å². The molecule has 0 heterocycles. The summed E-state index contributed by atoms with van der Waals surface area (Å²) >= 11 is 3.97. The van der Waals surface area contributed by atoms with Gasteiger partial charge in [-0.05, 0) is 55.8 Å². The minimum absolute atomic E-state index is 0.00187. The van der Waals surface area contributed by atoms with Crippen LogP contribution >= 0.6 is 15.9 Å². The maximum Gasteiger partial charge on any atom is 0.306 e. The summed E-state index contributed by atoms with van der Waals surface area (Å²) < 4.78 is 5.61. The van der Waals surface area contributed by atoms with Crippen LogP contribution in [-0.4, -0.2) is 41.8 Å². The van der Waals surface area contributed by atoms with Crippen molar-refractivity contribution in [3.63, 3.8) is 0 Å². The second-order valence-corrected chi connectivity index (χ2v) is 9.73. The van der Waals surface area contributed by atoms with Gasteiger partial charge < -0.3 is 9.64 Å². The number of hydrogen-bond acceptors (Lipinski definition) is 3. The number of rotatable bonds is 5.